The van der Waals surface area contributed by atoms with Gasteiger partial charge in [0.2, 0.25) is 5.91 Å². The van der Waals surface area contributed by atoms with Gasteiger partial charge in [-0.15, -0.1) is 0 Å². The number of carbonyl (C=O) groups excluding carboxylic acids is 1. The summed E-state index contributed by atoms with van der Waals surface area (Å²) >= 11 is 0. The minimum Gasteiger partial charge on any atom is -0.508 e. The molecule has 0 radical (unpaired) electrons. The first-order valence-electron chi connectivity index (χ1n) is 12.6. The van der Waals surface area contributed by atoms with Crippen LogP contribution < -0.4 is 5.32 Å². The van der Waals surface area contributed by atoms with E-state index in [2.05, 4.69) is 35.5 Å². The highest BCUT2D eigenvalue weighted by Gasteiger charge is 2.25. The zero-order chi connectivity index (χ0) is 26.5. The Kier molecular flexibility index (Phi) is 5.32. The van der Waals surface area contributed by atoms with Gasteiger partial charge in [-0.1, -0.05) is 6.42 Å². The molecular weight excluding hydrogens is 497 g/mol. The van der Waals surface area contributed by atoms with Crippen LogP contribution >= 0.6 is 0 Å². The van der Waals surface area contributed by atoms with E-state index >= 15 is 0 Å². The molecule has 1 aliphatic rings. The molecule has 5 heterocycles. The fourth-order valence-electron chi connectivity index (χ4n) is 4.97. The molecule has 1 amide bonds. The number of phenolic OH excluding ortho intramolecular Hbond substituents is 1. The maximum atomic E-state index is 14.0. The van der Waals surface area contributed by atoms with Gasteiger partial charge in [0.25, 0.3) is 0 Å². The average molecular weight is 520 g/mol. The summed E-state index contributed by atoms with van der Waals surface area (Å²) in [6, 6.07) is 11.4. The molecule has 192 valence electrons. The summed E-state index contributed by atoms with van der Waals surface area (Å²) in [6.07, 6.45) is 9.64. The van der Waals surface area contributed by atoms with Gasteiger partial charge in [0.1, 0.15) is 17.3 Å². The molecule has 4 N–H and O–H groups in total. The molecule has 6 aromatic rings. The summed E-state index contributed by atoms with van der Waals surface area (Å²) in [5.41, 5.74) is 6.07. The predicted octanol–water partition coefficient (Wildman–Crippen LogP) is 5.81. The van der Waals surface area contributed by atoms with E-state index in [0.29, 0.717) is 28.3 Å². The smallest absolute Gasteiger partial charge is 0.227 e. The number of hydrogen-bond donors (Lipinski definition) is 4. The van der Waals surface area contributed by atoms with E-state index in [1.165, 1.54) is 12.1 Å². The van der Waals surface area contributed by atoms with Crippen molar-refractivity contribution < 1.29 is 14.3 Å². The van der Waals surface area contributed by atoms with Gasteiger partial charge in [0.05, 0.1) is 40.7 Å². The maximum Gasteiger partial charge on any atom is 0.227 e. The molecule has 5 aromatic heterocycles. The Bertz CT molecular complexity index is 1870. The summed E-state index contributed by atoms with van der Waals surface area (Å²) in [5, 5.41) is 22.0. The van der Waals surface area contributed by atoms with E-state index in [1.54, 1.807) is 24.8 Å². The highest BCUT2D eigenvalue weighted by atomic mass is 19.1. The number of carbonyl (C=O) groups is 1. The number of rotatable bonds is 5. The molecule has 0 atom stereocenters. The Morgan fingerprint density at radius 1 is 0.949 bits per heavy atom. The van der Waals surface area contributed by atoms with Gasteiger partial charge in [-0.3, -0.25) is 24.8 Å². The molecule has 10 heteroatoms. The number of fused-ring (bicyclic) bond motifs is 2. The number of nitrogens with one attached hydrogen (secondary N) is 3. The minimum atomic E-state index is -0.543. The topological polar surface area (TPSA) is 132 Å². The van der Waals surface area contributed by atoms with Crippen molar-refractivity contribution >= 4 is 33.4 Å². The number of nitrogens with zero attached hydrogens (tertiary/aromatic N) is 4. The summed E-state index contributed by atoms with van der Waals surface area (Å²) in [7, 11) is 0. The van der Waals surface area contributed by atoms with E-state index < -0.39 is 5.82 Å². The SMILES string of the molecule is O=C(Nc1cncc(-c2cc3c(-c4cc5c(-c6cc(O)cc(F)c6)nccc5[nH]4)n[nH]c3cn2)c1)C1CCC1. The van der Waals surface area contributed by atoms with Crippen molar-refractivity contribution in [2.24, 2.45) is 5.92 Å². The zero-order valence-electron chi connectivity index (χ0n) is 20.6. The number of halogens is 1. The van der Waals surface area contributed by atoms with Crippen molar-refractivity contribution in [1.29, 1.82) is 0 Å². The molecule has 1 saturated carbocycles. The molecule has 1 fully saturated rings. The Labute approximate surface area is 221 Å². The lowest BCUT2D eigenvalue weighted by molar-refractivity contribution is -0.122. The number of phenols is 1. The molecule has 7 rings (SSSR count). The minimum absolute atomic E-state index is 0.0295. The molecule has 0 spiro atoms. The first-order chi connectivity index (χ1) is 19.0. The lowest BCUT2D eigenvalue weighted by Gasteiger charge is -2.24. The predicted molar refractivity (Wildman–Crippen MR) is 145 cm³/mol. The van der Waals surface area contributed by atoms with Gasteiger partial charge < -0.3 is 15.4 Å². The Hall–Kier alpha value is -5.12. The standard InChI is InChI=1S/C29H22FN7O2/c30-18-6-16(8-20(38)9-18)27-21-11-25(35-23(21)4-5-32-27)28-22-10-24(33-14-26(22)36-37-28)17-7-19(13-31-12-17)34-29(39)15-2-1-3-15/h4-15,35,38H,1-3H2,(H,34,39)(H,36,37). The van der Waals surface area contributed by atoms with Crippen LogP contribution in [0.15, 0.2) is 67.3 Å². The van der Waals surface area contributed by atoms with Gasteiger partial charge in [-0.2, -0.15) is 5.10 Å². The van der Waals surface area contributed by atoms with Gasteiger partial charge in [0.15, 0.2) is 0 Å². The third-order valence-corrected chi connectivity index (χ3v) is 7.18. The molecule has 1 aliphatic carbocycles. The van der Waals surface area contributed by atoms with Gasteiger partial charge in [0, 0.05) is 51.8 Å². The van der Waals surface area contributed by atoms with Crippen LogP contribution in [0.4, 0.5) is 10.1 Å². The average Bonchev–Trinajstić information content (AvgIpc) is 3.50. The van der Waals surface area contributed by atoms with Crippen LogP contribution in [0, 0.1) is 11.7 Å². The van der Waals surface area contributed by atoms with Crippen molar-refractivity contribution in [2.75, 3.05) is 5.32 Å². The van der Waals surface area contributed by atoms with E-state index in [-0.39, 0.29) is 17.6 Å². The number of amides is 1. The maximum absolute atomic E-state index is 14.0. The number of aromatic nitrogens is 6. The van der Waals surface area contributed by atoms with Crippen LogP contribution in [0.1, 0.15) is 19.3 Å². The highest BCUT2D eigenvalue weighted by molar-refractivity contribution is 6.00. The van der Waals surface area contributed by atoms with Gasteiger partial charge >= 0.3 is 0 Å². The normalized spacial score (nSPS) is 13.6. The summed E-state index contributed by atoms with van der Waals surface area (Å²) in [6.45, 7) is 0. The summed E-state index contributed by atoms with van der Waals surface area (Å²) < 4.78 is 14.0. The summed E-state index contributed by atoms with van der Waals surface area (Å²) in [4.78, 5) is 29.1. The number of aromatic amines is 2. The molecule has 0 bridgehead atoms. The van der Waals surface area contributed by atoms with E-state index in [1.807, 2.05) is 24.3 Å². The second-order valence-electron chi connectivity index (χ2n) is 9.77. The number of pyridine rings is 3. The van der Waals surface area contributed by atoms with Gasteiger partial charge in [-0.25, -0.2) is 4.39 Å². The summed E-state index contributed by atoms with van der Waals surface area (Å²) in [5.74, 6) is -0.602. The third-order valence-electron chi connectivity index (χ3n) is 7.18. The lowest BCUT2D eigenvalue weighted by Crippen LogP contribution is -2.28. The largest absolute Gasteiger partial charge is 0.508 e. The first kappa shape index (κ1) is 23.0. The number of aromatic hydroxyl groups is 1. The van der Waals surface area contributed by atoms with E-state index in [4.69, 9.17) is 0 Å². The fraction of sp³-hybridized carbons (Fsp3) is 0.138. The van der Waals surface area contributed by atoms with Crippen LogP contribution in [0.3, 0.4) is 0 Å². The quantitative estimate of drug-likeness (QED) is 0.227. The molecular formula is C29H22FN7O2. The second-order valence-corrected chi connectivity index (χ2v) is 9.77. The molecule has 0 saturated heterocycles. The molecule has 0 aliphatic heterocycles. The van der Waals surface area contributed by atoms with E-state index in [0.717, 1.165) is 58.4 Å². The number of hydrogen-bond acceptors (Lipinski definition) is 6. The van der Waals surface area contributed by atoms with Crippen LogP contribution in [0.5, 0.6) is 5.75 Å². The van der Waals surface area contributed by atoms with Crippen LogP contribution in [-0.2, 0) is 4.79 Å². The number of anilines is 1. The molecule has 1 aromatic carbocycles. The second kappa shape index (κ2) is 9.02. The van der Waals surface area contributed by atoms with Crippen molar-refractivity contribution in [3.63, 3.8) is 0 Å². The van der Waals surface area contributed by atoms with Gasteiger partial charge in [-0.05, 0) is 49.2 Å². The Morgan fingerprint density at radius 3 is 2.64 bits per heavy atom. The fourth-order valence-corrected chi connectivity index (χ4v) is 4.97. The van der Waals surface area contributed by atoms with Crippen molar-refractivity contribution in [3.8, 4) is 39.7 Å². The zero-order valence-corrected chi connectivity index (χ0v) is 20.6. The number of benzene rings is 1. The molecule has 0 unspecified atom stereocenters. The van der Waals surface area contributed by atoms with E-state index in [9.17, 15) is 14.3 Å². The van der Waals surface area contributed by atoms with Crippen LogP contribution in [0.2, 0.25) is 0 Å². The Morgan fingerprint density at radius 2 is 1.82 bits per heavy atom. The Balaban J connectivity index is 1.27. The third kappa shape index (κ3) is 4.15. The van der Waals surface area contributed by atoms with Crippen LogP contribution in [0.25, 0.3) is 55.7 Å². The van der Waals surface area contributed by atoms with Crippen LogP contribution in [-0.4, -0.2) is 41.1 Å². The molecule has 39 heavy (non-hydrogen) atoms. The van der Waals surface area contributed by atoms with Crippen molar-refractivity contribution in [1.82, 2.24) is 30.1 Å². The lowest BCUT2D eigenvalue weighted by atomic mass is 9.85. The first-order valence-corrected chi connectivity index (χ1v) is 12.6. The number of H-pyrrole nitrogens is 2. The highest BCUT2D eigenvalue weighted by Crippen LogP contribution is 2.35. The van der Waals surface area contributed by atoms with Crippen molar-refractivity contribution in [3.05, 3.63) is 73.1 Å². The molecule has 9 nitrogen and oxygen atoms in total. The monoisotopic (exact) mass is 519 g/mol. The van der Waals surface area contributed by atoms with Crippen molar-refractivity contribution in [2.45, 2.75) is 19.3 Å².